The van der Waals surface area contributed by atoms with Crippen LogP contribution in [-0.4, -0.2) is 11.6 Å². The molecule has 0 heterocycles. The van der Waals surface area contributed by atoms with Gasteiger partial charge in [-0.25, -0.2) is 0 Å². The molecule has 2 nitrogen and oxygen atoms in total. The third-order valence-corrected chi connectivity index (χ3v) is 10.9. The van der Waals surface area contributed by atoms with Crippen LogP contribution >= 0.6 is 0 Å². The van der Waals surface area contributed by atoms with Gasteiger partial charge in [0, 0.05) is 11.8 Å². The van der Waals surface area contributed by atoms with E-state index >= 15 is 0 Å². The third-order valence-electron chi connectivity index (χ3n) is 10.9. The van der Waals surface area contributed by atoms with Crippen molar-refractivity contribution in [1.82, 2.24) is 0 Å². The maximum absolute atomic E-state index is 13.2. The molecule has 0 saturated heterocycles. The lowest BCUT2D eigenvalue weighted by Crippen LogP contribution is -2.56. The van der Waals surface area contributed by atoms with Crippen molar-refractivity contribution < 1.29 is 9.59 Å². The van der Waals surface area contributed by atoms with Gasteiger partial charge >= 0.3 is 0 Å². The zero-order valence-corrected chi connectivity index (χ0v) is 18.4. The molecule has 154 valence electrons. The highest BCUT2D eigenvalue weighted by Gasteiger charge is 2.69. The molecular formula is C26H38O2. The maximum atomic E-state index is 13.2. The van der Waals surface area contributed by atoms with Crippen molar-refractivity contribution in [3.8, 4) is 0 Å². The quantitative estimate of drug-likeness (QED) is 0.546. The molecule has 0 bridgehead atoms. The van der Waals surface area contributed by atoms with Gasteiger partial charge in [-0.1, -0.05) is 39.2 Å². The molecule has 4 saturated carbocycles. The van der Waals surface area contributed by atoms with Crippen molar-refractivity contribution in [1.29, 1.82) is 0 Å². The number of hydrogen-bond acceptors (Lipinski definition) is 2. The highest BCUT2D eigenvalue weighted by molar-refractivity contribution is 5.91. The van der Waals surface area contributed by atoms with Crippen molar-refractivity contribution in [3.63, 3.8) is 0 Å². The summed E-state index contributed by atoms with van der Waals surface area (Å²) in [5.74, 6) is 4.16. The van der Waals surface area contributed by atoms with Gasteiger partial charge in [-0.2, -0.15) is 0 Å². The monoisotopic (exact) mass is 382 g/mol. The van der Waals surface area contributed by atoms with Crippen LogP contribution in [0.5, 0.6) is 0 Å². The molecule has 0 N–H and O–H groups in total. The SMILES string of the molecule is CC(=O)[C@]12CCCC[C@H]1C[C@@H]1[C@@H]3C[C@H](C)C4=CC(=O)CC[C@]4(C)[C@H]3CC[C@@]12C. The first-order chi connectivity index (χ1) is 13.2. The molecule has 0 aliphatic heterocycles. The molecule has 0 amide bonds. The zero-order chi connectivity index (χ0) is 19.9. The van der Waals surface area contributed by atoms with E-state index in [4.69, 9.17) is 0 Å². The molecule has 0 aromatic rings. The molecule has 28 heavy (non-hydrogen) atoms. The van der Waals surface area contributed by atoms with E-state index < -0.39 is 0 Å². The average Bonchev–Trinajstić information content (AvgIpc) is 2.94. The lowest BCUT2D eigenvalue weighted by Gasteiger charge is -2.61. The molecule has 5 rings (SSSR count). The van der Waals surface area contributed by atoms with Crippen LogP contribution in [0.25, 0.3) is 0 Å². The molecule has 0 aromatic carbocycles. The Balaban J connectivity index is 1.57. The lowest BCUT2D eigenvalue weighted by atomic mass is 9.43. The normalized spacial score (nSPS) is 52.8. The number of ketones is 2. The van der Waals surface area contributed by atoms with Gasteiger partial charge in [0.2, 0.25) is 0 Å². The van der Waals surface area contributed by atoms with E-state index in [9.17, 15) is 9.59 Å². The fourth-order valence-electron chi connectivity index (χ4n) is 9.78. The Bertz CT molecular complexity index is 750. The van der Waals surface area contributed by atoms with Crippen LogP contribution in [0.1, 0.15) is 91.9 Å². The summed E-state index contributed by atoms with van der Waals surface area (Å²) in [6, 6.07) is 0. The van der Waals surface area contributed by atoms with E-state index in [1.165, 1.54) is 50.5 Å². The second-order valence-electron chi connectivity index (χ2n) is 11.7. The predicted molar refractivity (Wildman–Crippen MR) is 112 cm³/mol. The van der Waals surface area contributed by atoms with Crippen molar-refractivity contribution in [2.24, 2.45) is 45.8 Å². The molecule has 8 atom stereocenters. The second-order valence-corrected chi connectivity index (χ2v) is 11.7. The summed E-state index contributed by atoms with van der Waals surface area (Å²) in [7, 11) is 0. The number of fused-ring (bicyclic) bond motifs is 7. The summed E-state index contributed by atoms with van der Waals surface area (Å²) >= 11 is 0. The summed E-state index contributed by atoms with van der Waals surface area (Å²) in [6.07, 6.45) is 13.8. The molecule has 5 aliphatic rings. The first-order valence-corrected chi connectivity index (χ1v) is 12.0. The van der Waals surface area contributed by atoms with Crippen LogP contribution in [0.3, 0.4) is 0 Å². The van der Waals surface area contributed by atoms with Crippen LogP contribution in [0.2, 0.25) is 0 Å². The first kappa shape index (κ1) is 19.1. The second kappa shape index (κ2) is 6.05. The topological polar surface area (TPSA) is 34.1 Å². The van der Waals surface area contributed by atoms with Crippen LogP contribution in [0.15, 0.2) is 11.6 Å². The zero-order valence-electron chi connectivity index (χ0n) is 18.4. The number of hydrogen-bond donors (Lipinski definition) is 0. The summed E-state index contributed by atoms with van der Waals surface area (Å²) in [4.78, 5) is 25.3. The van der Waals surface area contributed by atoms with Gasteiger partial charge in [-0.15, -0.1) is 0 Å². The standard InChI is InChI=1S/C26H38O2/c1-16-13-20-21(24(3)11-8-19(28)15-22(16)24)9-12-25(4)23(20)14-18-7-5-6-10-26(18,25)17(2)27/h15-16,18,20-21,23H,5-14H2,1-4H3/t16-,18-,20+,21-,23+,24+,25-,26+/m0/s1. The molecule has 0 spiro atoms. The minimum Gasteiger partial charge on any atom is -0.299 e. The van der Waals surface area contributed by atoms with Gasteiger partial charge in [0.1, 0.15) is 5.78 Å². The number of rotatable bonds is 1. The third kappa shape index (κ3) is 2.16. The molecule has 5 aliphatic carbocycles. The largest absolute Gasteiger partial charge is 0.299 e. The molecule has 0 unspecified atom stereocenters. The highest BCUT2D eigenvalue weighted by Crippen LogP contribution is 2.74. The molecule has 2 heteroatoms. The summed E-state index contributed by atoms with van der Waals surface area (Å²) in [6.45, 7) is 9.28. The van der Waals surface area contributed by atoms with E-state index in [0.717, 1.165) is 25.2 Å². The van der Waals surface area contributed by atoms with E-state index in [2.05, 4.69) is 20.8 Å². The van der Waals surface area contributed by atoms with Crippen LogP contribution in [0, 0.1) is 45.8 Å². The van der Waals surface area contributed by atoms with E-state index in [1.807, 2.05) is 13.0 Å². The van der Waals surface area contributed by atoms with Gasteiger partial charge in [0.15, 0.2) is 5.78 Å². The number of allylic oxidation sites excluding steroid dienone is 1. The summed E-state index contributed by atoms with van der Waals surface area (Å²) in [5, 5.41) is 0. The number of Topliss-reactive ketones (excluding diaryl/α,β-unsaturated/α-hetero) is 1. The minimum atomic E-state index is -0.0380. The van der Waals surface area contributed by atoms with E-state index in [-0.39, 0.29) is 16.2 Å². The number of carbonyl (C=O) groups excluding carboxylic acids is 2. The van der Waals surface area contributed by atoms with Gasteiger partial charge in [0.05, 0.1) is 0 Å². The minimum absolute atomic E-state index is 0.0380. The lowest BCUT2D eigenvalue weighted by molar-refractivity contribution is -0.149. The van der Waals surface area contributed by atoms with Crippen molar-refractivity contribution >= 4 is 11.6 Å². The van der Waals surface area contributed by atoms with Crippen LogP contribution in [-0.2, 0) is 9.59 Å². The Labute approximate surface area is 170 Å². The Morgan fingerprint density at radius 3 is 2.57 bits per heavy atom. The van der Waals surface area contributed by atoms with Crippen molar-refractivity contribution in [2.75, 3.05) is 0 Å². The van der Waals surface area contributed by atoms with Crippen LogP contribution < -0.4 is 0 Å². The Morgan fingerprint density at radius 1 is 1.04 bits per heavy atom. The Kier molecular flexibility index (Phi) is 4.12. The maximum Gasteiger partial charge on any atom is 0.155 e. The highest BCUT2D eigenvalue weighted by atomic mass is 16.1. The van der Waals surface area contributed by atoms with Gasteiger partial charge in [-0.05, 0) is 98.4 Å². The molecule has 0 radical (unpaired) electrons. The van der Waals surface area contributed by atoms with Gasteiger partial charge in [-0.3, -0.25) is 9.59 Å². The van der Waals surface area contributed by atoms with Crippen LogP contribution in [0.4, 0.5) is 0 Å². The smallest absolute Gasteiger partial charge is 0.155 e. The van der Waals surface area contributed by atoms with Gasteiger partial charge < -0.3 is 0 Å². The fourth-order valence-corrected chi connectivity index (χ4v) is 9.78. The Morgan fingerprint density at radius 2 is 1.82 bits per heavy atom. The fraction of sp³-hybridized carbons (Fsp3) is 0.846. The molecule has 0 aromatic heterocycles. The van der Waals surface area contributed by atoms with E-state index in [0.29, 0.717) is 35.2 Å². The number of carbonyl (C=O) groups is 2. The summed E-state index contributed by atoms with van der Waals surface area (Å²) in [5.41, 5.74) is 1.84. The predicted octanol–water partition coefficient (Wildman–Crippen LogP) is 6.14. The first-order valence-electron chi connectivity index (χ1n) is 12.0. The Hall–Kier alpha value is -0.920. The van der Waals surface area contributed by atoms with E-state index in [1.54, 1.807) is 0 Å². The van der Waals surface area contributed by atoms with Gasteiger partial charge in [0.25, 0.3) is 0 Å². The average molecular weight is 383 g/mol. The van der Waals surface area contributed by atoms with Crippen molar-refractivity contribution in [2.45, 2.75) is 91.9 Å². The summed E-state index contributed by atoms with van der Waals surface area (Å²) < 4.78 is 0. The molecule has 4 fully saturated rings. The van der Waals surface area contributed by atoms with Crippen molar-refractivity contribution in [3.05, 3.63) is 11.6 Å². The molecular weight excluding hydrogens is 344 g/mol.